The Labute approximate surface area is 254 Å². The van der Waals surface area contributed by atoms with Crippen molar-refractivity contribution in [3.63, 3.8) is 0 Å². The standard InChI is InChI=1S/C44H26/c1-3-13-33-29(9-1)31-11-5-7-15-35(31)43-37(33)19-17-25-21-27-24-40-28(23-39(27)41(25)43)22-26-18-20-38-34-14-4-2-10-30(34)32-12-6-8-16-36(32)44(38)42(26)40/h1-20,23-24H,21-22H2. The Balaban J connectivity index is 1.23. The van der Waals surface area contributed by atoms with Gasteiger partial charge in [0.2, 0.25) is 0 Å². The average molecular weight is 555 g/mol. The summed E-state index contributed by atoms with van der Waals surface area (Å²) in [4.78, 5) is 0. The van der Waals surface area contributed by atoms with Crippen molar-refractivity contribution in [2.75, 3.05) is 0 Å². The van der Waals surface area contributed by atoms with Crippen molar-refractivity contribution >= 4 is 64.6 Å². The molecule has 44 heavy (non-hydrogen) atoms. The summed E-state index contributed by atoms with van der Waals surface area (Å²) in [7, 11) is 0. The van der Waals surface area contributed by atoms with E-state index in [1.807, 2.05) is 0 Å². The maximum atomic E-state index is 2.55. The van der Waals surface area contributed by atoms with Crippen molar-refractivity contribution in [3.8, 4) is 22.3 Å². The second-order valence-electron chi connectivity index (χ2n) is 12.7. The van der Waals surface area contributed by atoms with E-state index in [0.717, 1.165) is 12.8 Å². The molecule has 0 aromatic heterocycles. The first-order valence-corrected chi connectivity index (χ1v) is 15.7. The molecule has 9 aromatic rings. The van der Waals surface area contributed by atoms with Crippen LogP contribution < -0.4 is 0 Å². The van der Waals surface area contributed by atoms with Crippen molar-refractivity contribution in [2.24, 2.45) is 0 Å². The molecule has 0 bridgehead atoms. The van der Waals surface area contributed by atoms with Gasteiger partial charge in [0.15, 0.2) is 0 Å². The van der Waals surface area contributed by atoms with Gasteiger partial charge in [0, 0.05) is 0 Å². The number of hydrogen-bond acceptors (Lipinski definition) is 0. The van der Waals surface area contributed by atoms with Gasteiger partial charge in [-0.2, -0.15) is 0 Å². The van der Waals surface area contributed by atoms with Crippen LogP contribution in [0.3, 0.4) is 0 Å². The largest absolute Gasteiger partial charge is 0.0616 e. The first kappa shape index (κ1) is 23.1. The fraction of sp³-hybridized carbons (Fsp3) is 0.0455. The van der Waals surface area contributed by atoms with Gasteiger partial charge in [0.25, 0.3) is 0 Å². The summed E-state index contributed by atoms with van der Waals surface area (Å²) in [5.74, 6) is 0. The molecule has 0 heteroatoms. The monoisotopic (exact) mass is 554 g/mol. The zero-order valence-electron chi connectivity index (χ0n) is 24.1. The third-order valence-electron chi connectivity index (χ3n) is 10.6. The van der Waals surface area contributed by atoms with Crippen molar-refractivity contribution in [2.45, 2.75) is 12.8 Å². The second kappa shape index (κ2) is 8.13. The van der Waals surface area contributed by atoms with Gasteiger partial charge in [-0.15, -0.1) is 0 Å². The molecule has 11 rings (SSSR count). The highest BCUT2D eigenvalue weighted by Crippen LogP contribution is 2.52. The topological polar surface area (TPSA) is 0 Å². The lowest BCUT2D eigenvalue weighted by molar-refractivity contribution is 1.24. The first-order valence-electron chi connectivity index (χ1n) is 15.7. The van der Waals surface area contributed by atoms with E-state index in [-0.39, 0.29) is 0 Å². The Morgan fingerprint density at radius 3 is 0.932 bits per heavy atom. The number of rotatable bonds is 0. The fourth-order valence-corrected chi connectivity index (χ4v) is 8.85. The molecule has 0 saturated carbocycles. The van der Waals surface area contributed by atoms with E-state index in [2.05, 4.69) is 133 Å². The number of hydrogen-bond donors (Lipinski definition) is 0. The zero-order valence-corrected chi connectivity index (χ0v) is 24.1. The van der Waals surface area contributed by atoms with Crippen LogP contribution in [-0.4, -0.2) is 0 Å². The first-order chi connectivity index (χ1) is 21.8. The van der Waals surface area contributed by atoms with E-state index in [1.165, 1.54) is 109 Å². The molecule has 0 saturated heterocycles. The molecule has 2 aliphatic rings. The summed E-state index contributed by atoms with van der Waals surface area (Å²) in [5, 5.41) is 16.3. The van der Waals surface area contributed by atoms with Crippen LogP contribution in [0.15, 0.2) is 133 Å². The lowest BCUT2D eigenvalue weighted by atomic mass is 9.88. The molecule has 0 radical (unpaired) electrons. The van der Waals surface area contributed by atoms with E-state index < -0.39 is 0 Å². The highest BCUT2D eigenvalue weighted by molar-refractivity contribution is 6.30. The van der Waals surface area contributed by atoms with E-state index in [1.54, 1.807) is 0 Å². The van der Waals surface area contributed by atoms with Gasteiger partial charge < -0.3 is 0 Å². The molecule has 202 valence electrons. The van der Waals surface area contributed by atoms with Crippen molar-refractivity contribution in [3.05, 3.63) is 156 Å². The minimum atomic E-state index is 0.985. The second-order valence-corrected chi connectivity index (χ2v) is 12.7. The molecule has 0 fully saturated rings. The number of fused-ring (bicyclic) bond motifs is 20. The van der Waals surface area contributed by atoms with Crippen LogP contribution in [0.25, 0.3) is 86.9 Å². The highest BCUT2D eigenvalue weighted by Gasteiger charge is 2.29. The molecule has 0 nitrogen and oxygen atoms in total. The summed E-state index contributed by atoms with van der Waals surface area (Å²) in [6, 6.07) is 50.5. The summed E-state index contributed by atoms with van der Waals surface area (Å²) in [6.07, 6.45) is 1.97. The SMILES string of the molecule is c1ccc2c(c1)c1ccccc1c1c3c(ccc21)Cc1cc2c(cc1-3)Cc1ccc3c4ccccc4c4ccccc4c3c1-2. The molecule has 0 amide bonds. The number of benzene rings is 9. The van der Waals surface area contributed by atoms with Crippen LogP contribution in [0, 0.1) is 0 Å². The predicted octanol–water partition coefficient (Wildman–Crippen LogP) is 11.7. The van der Waals surface area contributed by atoms with Crippen molar-refractivity contribution in [1.29, 1.82) is 0 Å². The van der Waals surface area contributed by atoms with E-state index >= 15 is 0 Å². The van der Waals surface area contributed by atoms with Gasteiger partial charge in [0.05, 0.1) is 0 Å². The normalized spacial score (nSPS) is 13.3. The molecular weight excluding hydrogens is 528 g/mol. The van der Waals surface area contributed by atoms with E-state index in [0.29, 0.717) is 0 Å². The van der Waals surface area contributed by atoms with Gasteiger partial charge in [-0.05, 0) is 134 Å². The Hall–Kier alpha value is -5.46. The predicted molar refractivity (Wildman–Crippen MR) is 188 cm³/mol. The quantitative estimate of drug-likeness (QED) is 0.164. The Morgan fingerprint density at radius 1 is 0.273 bits per heavy atom. The molecular formula is C44H26. The summed E-state index contributed by atoms with van der Waals surface area (Å²) in [6.45, 7) is 0. The van der Waals surface area contributed by atoms with Crippen LogP contribution >= 0.6 is 0 Å². The van der Waals surface area contributed by atoms with Crippen LogP contribution in [0.1, 0.15) is 22.3 Å². The average Bonchev–Trinajstić information content (AvgIpc) is 3.64. The van der Waals surface area contributed by atoms with Crippen molar-refractivity contribution in [1.82, 2.24) is 0 Å². The Bertz CT molecular complexity index is 2500. The highest BCUT2D eigenvalue weighted by atomic mass is 14.3. The molecule has 2 aliphatic carbocycles. The molecule has 0 aliphatic heterocycles. The van der Waals surface area contributed by atoms with Crippen LogP contribution in [0.4, 0.5) is 0 Å². The molecule has 0 spiro atoms. The summed E-state index contributed by atoms with van der Waals surface area (Å²) < 4.78 is 0. The van der Waals surface area contributed by atoms with Gasteiger partial charge in [-0.3, -0.25) is 0 Å². The minimum Gasteiger partial charge on any atom is -0.0616 e. The van der Waals surface area contributed by atoms with E-state index in [4.69, 9.17) is 0 Å². The van der Waals surface area contributed by atoms with Crippen LogP contribution in [-0.2, 0) is 12.8 Å². The third-order valence-corrected chi connectivity index (χ3v) is 10.6. The van der Waals surface area contributed by atoms with Crippen LogP contribution in [0.2, 0.25) is 0 Å². The lowest BCUT2D eigenvalue weighted by Gasteiger charge is -2.15. The van der Waals surface area contributed by atoms with Gasteiger partial charge in [-0.25, -0.2) is 0 Å². The molecule has 0 unspecified atom stereocenters. The maximum absolute atomic E-state index is 2.55. The molecule has 0 atom stereocenters. The zero-order chi connectivity index (χ0) is 28.5. The minimum absolute atomic E-state index is 0.985. The van der Waals surface area contributed by atoms with Gasteiger partial charge in [0.1, 0.15) is 0 Å². The van der Waals surface area contributed by atoms with E-state index in [9.17, 15) is 0 Å². The third kappa shape index (κ3) is 2.79. The van der Waals surface area contributed by atoms with Gasteiger partial charge in [-0.1, -0.05) is 121 Å². The van der Waals surface area contributed by atoms with Gasteiger partial charge >= 0.3 is 0 Å². The molecule has 0 heterocycles. The lowest BCUT2D eigenvalue weighted by Crippen LogP contribution is -1.89. The Morgan fingerprint density at radius 2 is 0.568 bits per heavy atom. The van der Waals surface area contributed by atoms with Crippen molar-refractivity contribution < 1.29 is 0 Å². The molecule has 0 N–H and O–H groups in total. The molecule has 9 aromatic carbocycles. The maximum Gasteiger partial charge on any atom is -0.00130 e. The Kier molecular flexibility index (Phi) is 4.26. The smallest absolute Gasteiger partial charge is 0.00130 e. The van der Waals surface area contributed by atoms with Crippen LogP contribution in [0.5, 0.6) is 0 Å². The fourth-order valence-electron chi connectivity index (χ4n) is 8.85. The summed E-state index contributed by atoms with van der Waals surface area (Å²) in [5.41, 5.74) is 11.6. The summed E-state index contributed by atoms with van der Waals surface area (Å²) >= 11 is 0.